The van der Waals surface area contributed by atoms with Crippen LogP contribution in [0.25, 0.3) is 0 Å². The molecule has 1 nitrogen and oxygen atoms in total. The summed E-state index contributed by atoms with van der Waals surface area (Å²) in [6.45, 7) is 0. The fourth-order valence-corrected chi connectivity index (χ4v) is 7.76. The number of rotatable bonds is 6. The highest BCUT2D eigenvalue weighted by atomic mass is 35.6. The molecule has 27 heavy (non-hydrogen) atoms. The van der Waals surface area contributed by atoms with Crippen LogP contribution in [0, 0.1) is 40.7 Å². The lowest BCUT2D eigenvalue weighted by Gasteiger charge is -2.36. The molecule has 0 unspecified atom stereocenters. The standard InChI is InChI=1S/C22H30ClF2NSi/c23-27-11-9-19(10-12-27)18-7-5-16(6-8-18)3-1-2-4-17-13-21(24)20(15-26)22(25)14-17/h13-14,16,18-19,27H,1-12H2/t16-,18-,19?,27?. The number of nitrogens with zero attached hydrogens (tertiary/aromatic N) is 1. The van der Waals surface area contributed by atoms with Crippen LogP contribution < -0.4 is 0 Å². The van der Waals surface area contributed by atoms with Gasteiger partial charge in [-0.25, -0.2) is 8.78 Å². The third kappa shape index (κ3) is 5.78. The first-order valence-corrected chi connectivity index (χ1v) is 14.0. The molecule has 1 saturated heterocycles. The lowest BCUT2D eigenvalue weighted by atomic mass is 9.73. The van der Waals surface area contributed by atoms with E-state index in [1.807, 2.05) is 0 Å². The van der Waals surface area contributed by atoms with Gasteiger partial charge in [0.05, 0.1) is 0 Å². The van der Waals surface area contributed by atoms with Gasteiger partial charge in [-0.15, -0.1) is 0 Å². The Labute approximate surface area is 168 Å². The Balaban J connectivity index is 1.34. The highest BCUT2D eigenvalue weighted by Gasteiger charge is 2.30. The van der Waals surface area contributed by atoms with Crippen molar-refractivity contribution in [3.05, 3.63) is 34.9 Å². The molecule has 1 aliphatic carbocycles. The average Bonchev–Trinajstić information content (AvgIpc) is 2.66. The van der Waals surface area contributed by atoms with E-state index in [1.165, 1.54) is 69.2 Å². The second-order valence-corrected chi connectivity index (χ2v) is 12.8. The maximum Gasteiger partial charge on any atom is 0.144 e. The predicted molar refractivity (Wildman–Crippen MR) is 109 cm³/mol. The van der Waals surface area contributed by atoms with E-state index in [4.69, 9.17) is 16.3 Å². The van der Waals surface area contributed by atoms with Crippen LogP contribution in [0.4, 0.5) is 8.78 Å². The van der Waals surface area contributed by atoms with Gasteiger partial charge in [0.2, 0.25) is 0 Å². The summed E-state index contributed by atoms with van der Waals surface area (Å²) < 4.78 is 27.3. The van der Waals surface area contributed by atoms with Gasteiger partial charge >= 0.3 is 0 Å². The minimum absolute atomic E-state index is 0.475. The van der Waals surface area contributed by atoms with Gasteiger partial charge in [-0.05, 0) is 73.2 Å². The van der Waals surface area contributed by atoms with E-state index in [0.29, 0.717) is 12.0 Å². The van der Waals surface area contributed by atoms with Crippen molar-refractivity contribution >= 4 is 19.2 Å². The third-order valence-corrected chi connectivity index (χ3v) is 10.0. The second-order valence-electron chi connectivity index (χ2n) is 8.58. The number of unbranched alkanes of at least 4 members (excludes halogenated alkanes) is 1. The molecule has 2 aliphatic rings. The number of halogens is 3. The largest absolute Gasteiger partial charge is 0.205 e. The minimum Gasteiger partial charge on any atom is -0.205 e. The van der Waals surface area contributed by atoms with Crippen LogP contribution in [0.15, 0.2) is 12.1 Å². The van der Waals surface area contributed by atoms with Crippen LogP contribution in [0.5, 0.6) is 0 Å². The van der Waals surface area contributed by atoms with Crippen molar-refractivity contribution < 1.29 is 8.78 Å². The molecule has 1 aromatic carbocycles. The van der Waals surface area contributed by atoms with E-state index in [-0.39, 0.29) is 0 Å². The first-order valence-electron chi connectivity index (χ1n) is 10.6. The molecule has 3 rings (SSSR count). The van der Waals surface area contributed by atoms with Crippen molar-refractivity contribution in [2.75, 3.05) is 0 Å². The van der Waals surface area contributed by atoms with Gasteiger partial charge in [0.25, 0.3) is 0 Å². The van der Waals surface area contributed by atoms with Crippen molar-refractivity contribution in [2.24, 2.45) is 17.8 Å². The van der Waals surface area contributed by atoms with E-state index >= 15 is 0 Å². The first-order chi connectivity index (χ1) is 13.1. The summed E-state index contributed by atoms with van der Waals surface area (Å²) in [6, 6.07) is 6.87. The summed E-state index contributed by atoms with van der Waals surface area (Å²) in [7, 11) is -0.847. The van der Waals surface area contributed by atoms with Crippen molar-refractivity contribution in [3.8, 4) is 6.07 Å². The van der Waals surface area contributed by atoms with E-state index < -0.39 is 25.3 Å². The Morgan fingerprint density at radius 3 is 2.15 bits per heavy atom. The van der Waals surface area contributed by atoms with Gasteiger partial charge in [0, 0.05) is 0 Å². The normalized spacial score (nSPS) is 28.7. The zero-order valence-electron chi connectivity index (χ0n) is 16.0. The molecular formula is C22H30ClF2NSi. The molecule has 0 radical (unpaired) electrons. The van der Waals surface area contributed by atoms with Crippen LogP contribution in [0.3, 0.4) is 0 Å². The van der Waals surface area contributed by atoms with Gasteiger partial charge in [0.15, 0.2) is 0 Å². The summed E-state index contributed by atoms with van der Waals surface area (Å²) in [5, 5.41) is 8.73. The van der Waals surface area contributed by atoms with Gasteiger partial charge in [-0.1, -0.05) is 38.5 Å². The van der Waals surface area contributed by atoms with Crippen LogP contribution >= 0.6 is 11.1 Å². The summed E-state index contributed by atoms with van der Waals surface area (Å²) in [5.41, 5.74) is 0.184. The Morgan fingerprint density at radius 1 is 0.963 bits per heavy atom. The zero-order valence-corrected chi connectivity index (χ0v) is 17.9. The Hall–Kier alpha value is -0.923. The highest BCUT2D eigenvalue weighted by Crippen LogP contribution is 2.41. The number of aryl methyl sites for hydroxylation is 1. The lowest BCUT2D eigenvalue weighted by molar-refractivity contribution is 0.185. The maximum absolute atomic E-state index is 13.7. The van der Waals surface area contributed by atoms with Crippen molar-refractivity contribution in [3.63, 3.8) is 0 Å². The summed E-state index contributed by atoms with van der Waals surface area (Å²) >= 11 is 6.37. The maximum atomic E-state index is 13.7. The average molecular weight is 410 g/mol. The minimum atomic E-state index is -0.847. The van der Waals surface area contributed by atoms with Gasteiger partial charge in [0.1, 0.15) is 31.4 Å². The molecule has 1 heterocycles. The Morgan fingerprint density at radius 2 is 1.56 bits per heavy atom. The van der Waals surface area contributed by atoms with Crippen LogP contribution in [-0.2, 0) is 6.42 Å². The van der Waals surface area contributed by atoms with Crippen LogP contribution in [0.1, 0.15) is 68.9 Å². The SMILES string of the molecule is N#Cc1c(F)cc(CCCC[C@H]2CC[C@H](C3CC[SiH](Cl)CC3)CC2)cc1F. The Kier molecular flexibility index (Phi) is 7.72. The smallest absolute Gasteiger partial charge is 0.144 e. The summed E-state index contributed by atoms with van der Waals surface area (Å²) in [5.74, 6) is 1.22. The molecule has 0 spiro atoms. The molecule has 0 atom stereocenters. The van der Waals surface area contributed by atoms with Crippen LogP contribution in [-0.4, -0.2) is 8.11 Å². The van der Waals surface area contributed by atoms with E-state index in [2.05, 4.69) is 0 Å². The zero-order chi connectivity index (χ0) is 19.2. The number of hydrogen-bond acceptors (Lipinski definition) is 1. The molecule has 0 bridgehead atoms. The molecule has 5 heteroatoms. The van der Waals surface area contributed by atoms with Crippen molar-refractivity contribution in [1.82, 2.24) is 0 Å². The fourth-order valence-electron chi connectivity index (χ4n) is 5.14. The molecule has 1 saturated carbocycles. The van der Waals surface area contributed by atoms with Gasteiger partial charge in [-0.3, -0.25) is 0 Å². The molecular weight excluding hydrogens is 380 g/mol. The van der Waals surface area contributed by atoms with Gasteiger partial charge < -0.3 is 0 Å². The molecule has 0 N–H and O–H groups in total. The predicted octanol–water partition coefficient (Wildman–Crippen LogP) is 6.73. The van der Waals surface area contributed by atoms with E-state index in [9.17, 15) is 8.78 Å². The first kappa shape index (κ1) is 20.8. The number of benzene rings is 1. The molecule has 1 aliphatic heterocycles. The lowest BCUT2D eigenvalue weighted by Crippen LogP contribution is -2.26. The second kappa shape index (κ2) is 10.0. The molecule has 1 aromatic rings. The van der Waals surface area contributed by atoms with Crippen LogP contribution in [0.2, 0.25) is 12.1 Å². The van der Waals surface area contributed by atoms with E-state index in [0.717, 1.165) is 30.6 Å². The molecule has 2 fully saturated rings. The van der Waals surface area contributed by atoms with Gasteiger partial charge in [-0.2, -0.15) is 16.3 Å². The van der Waals surface area contributed by atoms with E-state index in [1.54, 1.807) is 6.07 Å². The number of nitriles is 1. The molecule has 0 amide bonds. The fraction of sp³-hybridized carbons (Fsp3) is 0.682. The topological polar surface area (TPSA) is 23.8 Å². The number of hydrogen-bond donors (Lipinski definition) is 0. The molecule has 0 aromatic heterocycles. The monoisotopic (exact) mass is 409 g/mol. The Bertz CT molecular complexity index is 636. The third-order valence-electron chi connectivity index (χ3n) is 6.80. The summed E-state index contributed by atoms with van der Waals surface area (Å²) in [4.78, 5) is 0. The highest BCUT2D eigenvalue weighted by molar-refractivity contribution is 7.07. The molecule has 148 valence electrons. The summed E-state index contributed by atoms with van der Waals surface area (Å²) in [6.07, 6.45) is 12.2. The quantitative estimate of drug-likeness (QED) is 0.290. The van der Waals surface area contributed by atoms with Crippen molar-refractivity contribution in [2.45, 2.75) is 76.3 Å². The van der Waals surface area contributed by atoms with Crippen molar-refractivity contribution in [1.29, 1.82) is 5.26 Å².